The molecular weight excluding hydrogens is 379 g/mol. The largest absolute Gasteiger partial charge is 0.377 e. The maximum absolute atomic E-state index is 12.5. The van der Waals surface area contributed by atoms with E-state index in [2.05, 4.69) is 16.3 Å². The molecule has 1 fully saturated rings. The van der Waals surface area contributed by atoms with Crippen LogP contribution in [-0.4, -0.2) is 36.6 Å². The van der Waals surface area contributed by atoms with Crippen LogP contribution in [0.25, 0.3) is 0 Å². The van der Waals surface area contributed by atoms with E-state index in [0.717, 1.165) is 32.5 Å². The van der Waals surface area contributed by atoms with Crippen LogP contribution in [0.2, 0.25) is 10.0 Å². The lowest BCUT2D eigenvalue weighted by atomic mass is 10.2. The van der Waals surface area contributed by atoms with Crippen molar-refractivity contribution in [3.63, 3.8) is 0 Å². The molecule has 4 nitrogen and oxygen atoms in total. The average Bonchev–Trinajstić information content (AvgIpc) is 3.26. The molecule has 7 heteroatoms. The molecule has 0 aliphatic carbocycles. The Bertz CT molecular complexity index is 703. The van der Waals surface area contributed by atoms with E-state index in [9.17, 15) is 4.79 Å². The molecule has 1 saturated heterocycles. The molecule has 2 aromatic rings. The molecule has 2 heterocycles. The standard InChI is InChI=1S/C18H20Cl2N2O2S/c19-15-6-1-7-16(18(15)20)21-17(23)12-22(10-13-4-2-8-24-13)11-14-5-3-9-25-14/h1,3,5-7,9,13H,2,4,8,10-12H2,(H,21,23)/t13-/m1/s1. The van der Waals surface area contributed by atoms with Crippen molar-refractivity contribution in [2.75, 3.05) is 25.0 Å². The second kappa shape index (κ2) is 9.01. The van der Waals surface area contributed by atoms with Crippen LogP contribution in [0.15, 0.2) is 35.7 Å². The van der Waals surface area contributed by atoms with Crippen molar-refractivity contribution >= 4 is 46.1 Å². The van der Waals surface area contributed by atoms with Crippen LogP contribution < -0.4 is 5.32 Å². The summed E-state index contributed by atoms with van der Waals surface area (Å²) in [4.78, 5) is 15.8. The van der Waals surface area contributed by atoms with Crippen molar-refractivity contribution in [2.24, 2.45) is 0 Å². The molecule has 1 aromatic carbocycles. The first kappa shape index (κ1) is 18.7. The van der Waals surface area contributed by atoms with Crippen LogP contribution in [0.3, 0.4) is 0 Å². The number of rotatable bonds is 7. The molecule has 0 bridgehead atoms. The number of ether oxygens (including phenoxy) is 1. The molecule has 0 saturated carbocycles. The lowest BCUT2D eigenvalue weighted by Gasteiger charge is -2.24. The van der Waals surface area contributed by atoms with Crippen molar-refractivity contribution in [1.29, 1.82) is 0 Å². The van der Waals surface area contributed by atoms with E-state index in [1.165, 1.54) is 4.88 Å². The van der Waals surface area contributed by atoms with Gasteiger partial charge >= 0.3 is 0 Å². The summed E-state index contributed by atoms with van der Waals surface area (Å²) in [6.07, 6.45) is 2.33. The van der Waals surface area contributed by atoms with Crippen LogP contribution >= 0.6 is 34.5 Å². The van der Waals surface area contributed by atoms with Crippen molar-refractivity contribution in [3.8, 4) is 0 Å². The summed E-state index contributed by atoms with van der Waals surface area (Å²) in [5.41, 5.74) is 0.535. The molecule has 3 rings (SSSR count). The van der Waals surface area contributed by atoms with Gasteiger partial charge in [-0.25, -0.2) is 0 Å². The monoisotopic (exact) mass is 398 g/mol. The number of carbonyl (C=O) groups excluding carboxylic acids is 1. The van der Waals surface area contributed by atoms with Crippen molar-refractivity contribution in [1.82, 2.24) is 4.90 Å². The molecule has 0 spiro atoms. The first-order chi connectivity index (χ1) is 12.1. The Hall–Kier alpha value is -1.11. The van der Waals surface area contributed by atoms with E-state index in [4.69, 9.17) is 27.9 Å². The molecule has 1 aromatic heterocycles. The lowest BCUT2D eigenvalue weighted by molar-refractivity contribution is -0.117. The lowest BCUT2D eigenvalue weighted by Crippen LogP contribution is -2.37. The number of carbonyl (C=O) groups is 1. The summed E-state index contributed by atoms with van der Waals surface area (Å²) in [6, 6.07) is 9.31. The van der Waals surface area contributed by atoms with Crippen molar-refractivity contribution in [3.05, 3.63) is 50.6 Å². The molecule has 1 N–H and O–H groups in total. The number of anilines is 1. The first-order valence-electron chi connectivity index (χ1n) is 8.22. The minimum Gasteiger partial charge on any atom is -0.377 e. The van der Waals surface area contributed by atoms with Gasteiger partial charge in [0.05, 0.1) is 28.4 Å². The molecule has 25 heavy (non-hydrogen) atoms. The third kappa shape index (κ3) is 5.43. The number of thiophene rings is 1. The number of amides is 1. The Balaban J connectivity index is 1.63. The van der Waals surface area contributed by atoms with Gasteiger partial charge in [-0.1, -0.05) is 35.3 Å². The Morgan fingerprint density at radius 1 is 1.32 bits per heavy atom. The molecule has 0 unspecified atom stereocenters. The quantitative estimate of drug-likeness (QED) is 0.736. The Labute approximate surface area is 161 Å². The number of nitrogens with one attached hydrogen (secondary N) is 1. The van der Waals surface area contributed by atoms with E-state index >= 15 is 0 Å². The van der Waals surface area contributed by atoms with Crippen LogP contribution in [0, 0.1) is 0 Å². The maximum atomic E-state index is 12.5. The highest BCUT2D eigenvalue weighted by atomic mass is 35.5. The van der Waals surface area contributed by atoms with Crippen LogP contribution in [0.1, 0.15) is 17.7 Å². The second-order valence-corrected chi connectivity index (χ2v) is 7.85. The zero-order valence-corrected chi connectivity index (χ0v) is 16.0. The Morgan fingerprint density at radius 3 is 2.92 bits per heavy atom. The summed E-state index contributed by atoms with van der Waals surface area (Å²) < 4.78 is 5.73. The predicted molar refractivity (Wildman–Crippen MR) is 104 cm³/mol. The van der Waals surface area contributed by atoms with Crippen LogP contribution in [0.5, 0.6) is 0 Å². The smallest absolute Gasteiger partial charge is 0.238 e. The number of hydrogen-bond donors (Lipinski definition) is 1. The summed E-state index contributed by atoms with van der Waals surface area (Å²) in [5, 5.41) is 5.69. The van der Waals surface area contributed by atoms with E-state index in [1.807, 2.05) is 11.4 Å². The normalized spacial score (nSPS) is 17.2. The third-order valence-corrected chi connectivity index (χ3v) is 5.72. The summed E-state index contributed by atoms with van der Waals surface area (Å²) in [5.74, 6) is -0.112. The number of halogens is 2. The fourth-order valence-corrected chi connectivity index (χ4v) is 3.97. The molecule has 0 radical (unpaired) electrons. The minimum absolute atomic E-state index is 0.112. The predicted octanol–water partition coefficient (Wildman–Crippen LogP) is 4.67. The van der Waals surface area contributed by atoms with Crippen molar-refractivity contribution in [2.45, 2.75) is 25.5 Å². The third-order valence-electron chi connectivity index (χ3n) is 4.04. The minimum atomic E-state index is -0.112. The molecule has 1 atom stereocenters. The van der Waals surface area contributed by atoms with Gasteiger partial charge in [-0.2, -0.15) is 0 Å². The topological polar surface area (TPSA) is 41.6 Å². The fourth-order valence-electron chi connectivity index (χ4n) is 2.88. The van der Waals surface area contributed by atoms with Gasteiger partial charge in [-0.05, 0) is 36.4 Å². The van der Waals surface area contributed by atoms with E-state index in [0.29, 0.717) is 15.7 Å². The van der Waals surface area contributed by atoms with E-state index in [-0.39, 0.29) is 18.6 Å². The van der Waals surface area contributed by atoms with Gasteiger partial charge < -0.3 is 10.1 Å². The Morgan fingerprint density at radius 2 is 2.20 bits per heavy atom. The zero-order chi connectivity index (χ0) is 17.6. The number of hydrogen-bond acceptors (Lipinski definition) is 4. The Kier molecular flexibility index (Phi) is 6.73. The highest BCUT2D eigenvalue weighted by Gasteiger charge is 2.21. The molecule has 1 aliphatic heterocycles. The van der Waals surface area contributed by atoms with Crippen LogP contribution in [-0.2, 0) is 16.1 Å². The number of benzene rings is 1. The average molecular weight is 399 g/mol. The van der Waals surface area contributed by atoms with Crippen molar-refractivity contribution < 1.29 is 9.53 Å². The first-order valence-corrected chi connectivity index (χ1v) is 9.85. The molecule has 134 valence electrons. The van der Waals surface area contributed by atoms with Gasteiger partial charge in [-0.3, -0.25) is 9.69 Å². The van der Waals surface area contributed by atoms with Gasteiger partial charge in [0.1, 0.15) is 0 Å². The maximum Gasteiger partial charge on any atom is 0.238 e. The van der Waals surface area contributed by atoms with Gasteiger partial charge in [-0.15, -0.1) is 11.3 Å². The van der Waals surface area contributed by atoms with E-state index < -0.39 is 0 Å². The fraction of sp³-hybridized carbons (Fsp3) is 0.389. The molecular formula is C18H20Cl2N2O2S. The second-order valence-electron chi connectivity index (χ2n) is 6.03. The number of nitrogens with zero attached hydrogens (tertiary/aromatic N) is 1. The van der Waals surface area contributed by atoms with Gasteiger partial charge in [0, 0.05) is 24.6 Å². The SMILES string of the molecule is O=C(CN(Cc1cccs1)C[C@H]1CCCO1)Nc1cccc(Cl)c1Cl. The van der Waals surface area contributed by atoms with Crippen LogP contribution in [0.4, 0.5) is 5.69 Å². The van der Waals surface area contributed by atoms with Gasteiger partial charge in [0.25, 0.3) is 0 Å². The van der Waals surface area contributed by atoms with E-state index in [1.54, 1.807) is 29.5 Å². The highest BCUT2D eigenvalue weighted by Crippen LogP contribution is 2.29. The summed E-state index contributed by atoms with van der Waals surface area (Å²) in [7, 11) is 0. The van der Waals surface area contributed by atoms with Gasteiger partial charge in [0.2, 0.25) is 5.91 Å². The zero-order valence-electron chi connectivity index (χ0n) is 13.7. The molecule has 1 aliphatic rings. The summed E-state index contributed by atoms with van der Waals surface area (Å²) in [6.45, 7) is 2.56. The summed E-state index contributed by atoms with van der Waals surface area (Å²) >= 11 is 13.8. The highest BCUT2D eigenvalue weighted by molar-refractivity contribution is 7.09. The molecule has 1 amide bonds. The van der Waals surface area contributed by atoms with Gasteiger partial charge in [0.15, 0.2) is 0 Å².